The van der Waals surface area contributed by atoms with E-state index in [4.69, 9.17) is 4.18 Å². The van der Waals surface area contributed by atoms with Crippen LogP contribution in [0, 0.1) is 0 Å². The van der Waals surface area contributed by atoms with Gasteiger partial charge in [-0.05, 0) is 47.5 Å². The molecule has 150 valence electrons. The highest BCUT2D eigenvalue weighted by Crippen LogP contribution is 2.40. The van der Waals surface area contributed by atoms with Crippen molar-refractivity contribution in [1.29, 1.82) is 0 Å². The first-order valence-corrected chi connectivity index (χ1v) is 11.4. The minimum atomic E-state index is -1.71. The maximum Gasteiger partial charge on any atom is 0.319 e. The Balaban J connectivity index is 1.61. The zero-order valence-corrected chi connectivity index (χ0v) is 18.6. The Morgan fingerprint density at radius 2 is 1.67 bits per heavy atom. The normalized spacial score (nSPS) is 16.5. The Morgan fingerprint density at radius 1 is 0.933 bits per heavy atom. The highest BCUT2D eigenvalue weighted by molar-refractivity contribution is 9.10. The van der Waals surface area contributed by atoms with Crippen LogP contribution >= 0.6 is 15.9 Å². The van der Waals surface area contributed by atoms with Crippen molar-refractivity contribution < 1.29 is 8.39 Å². The molecule has 1 aliphatic rings. The van der Waals surface area contributed by atoms with Crippen molar-refractivity contribution in [2.75, 3.05) is 0 Å². The molecular formula is C24H19BrN2O2S. The minimum absolute atomic E-state index is 0.228. The molecule has 1 aliphatic heterocycles. The Kier molecular flexibility index (Phi) is 4.97. The van der Waals surface area contributed by atoms with Crippen LogP contribution in [0.25, 0.3) is 17.0 Å². The highest BCUT2D eigenvalue weighted by Gasteiger charge is 2.32. The van der Waals surface area contributed by atoms with Crippen molar-refractivity contribution in [2.24, 2.45) is 7.05 Å². The van der Waals surface area contributed by atoms with E-state index in [0.717, 1.165) is 32.1 Å². The molecule has 0 saturated carbocycles. The molecule has 0 N–H and O–H groups in total. The summed E-state index contributed by atoms with van der Waals surface area (Å²) in [7, 11) is 2.04. The maximum atomic E-state index is 13.3. The van der Waals surface area contributed by atoms with Crippen molar-refractivity contribution in [2.45, 2.75) is 6.04 Å². The highest BCUT2D eigenvalue weighted by atomic mass is 79.9. The second kappa shape index (κ2) is 7.78. The summed E-state index contributed by atoms with van der Waals surface area (Å²) < 4.78 is 24.0. The smallest absolute Gasteiger partial charge is 0.319 e. The third-order valence-corrected chi connectivity index (χ3v) is 6.86. The van der Waals surface area contributed by atoms with E-state index in [2.05, 4.69) is 51.0 Å². The van der Waals surface area contributed by atoms with Gasteiger partial charge in [-0.3, -0.25) is 4.31 Å². The molecule has 0 amide bonds. The fourth-order valence-corrected chi connectivity index (χ4v) is 5.12. The number of aryl methyl sites for hydroxylation is 1. The molecule has 30 heavy (non-hydrogen) atoms. The summed E-state index contributed by atoms with van der Waals surface area (Å²) in [5.41, 5.74) is 4.45. The van der Waals surface area contributed by atoms with E-state index < -0.39 is 11.3 Å². The predicted molar refractivity (Wildman–Crippen MR) is 125 cm³/mol. The van der Waals surface area contributed by atoms with Crippen molar-refractivity contribution in [3.63, 3.8) is 0 Å². The Morgan fingerprint density at radius 3 is 2.50 bits per heavy atom. The van der Waals surface area contributed by atoms with E-state index in [1.165, 1.54) is 0 Å². The molecule has 1 aromatic heterocycles. The number of benzene rings is 3. The van der Waals surface area contributed by atoms with Crippen molar-refractivity contribution >= 4 is 44.2 Å². The van der Waals surface area contributed by atoms with Gasteiger partial charge in [-0.15, -0.1) is 0 Å². The second-order valence-corrected chi connectivity index (χ2v) is 9.11. The lowest BCUT2D eigenvalue weighted by atomic mass is 9.92. The van der Waals surface area contributed by atoms with E-state index in [1.807, 2.05) is 55.7 Å². The first kappa shape index (κ1) is 19.2. The fraction of sp³-hybridized carbons (Fsp3) is 0.0833. The maximum absolute atomic E-state index is 13.3. The van der Waals surface area contributed by atoms with Crippen LogP contribution in [0.15, 0.2) is 89.7 Å². The molecule has 0 saturated heterocycles. The lowest BCUT2D eigenvalue weighted by Crippen LogP contribution is -2.31. The molecule has 6 heteroatoms. The van der Waals surface area contributed by atoms with Crippen LogP contribution in [-0.4, -0.2) is 13.1 Å². The zero-order chi connectivity index (χ0) is 20.7. The molecule has 4 nitrogen and oxygen atoms in total. The number of hydrogen-bond acceptors (Lipinski definition) is 2. The van der Waals surface area contributed by atoms with Crippen LogP contribution in [0.5, 0.6) is 5.75 Å². The first-order chi connectivity index (χ1) is 14.6. The number of fused-ring (bicyclic) bond motifs is 2. The number of nitrogens with zero attached hydrogens (tertiary/aromatic N) is 2. The first-order valence-electron chi connectivity index (χ1n) is 9.57. The summed E-state index contributed by atoms with van der Waals surface area (Å²) in [4.78, 5) is 0. The van der Waals surface area contributed by atoms with Gasteiger partial charge in [-0.1, -0.05) is 58.4 Å². The van der Waals surface area contributed by atoms with E-state index in [1.54, 1.807) is 16.4 Å². The van der Waals surface area contributed by atoms with Crippen LogP contribution in [0.2, 0.25) is 0 Å². The third-order valence-electron chi connectivity index (χ3n) is 5.32. The Bertz CT molecular complexity index is 1280. The average molecular weight is 479 g/mol. The molecule has 0 fully saturated rings. The summed E-state index contributed by atoms with van der Waals surface area (Å²) in [6.45, 7) is 0. The van der Waals surface area contributed by atoms with Gasteiger partial charge < -0.3 is 8.75 Å². The van der Waals surface area contributed by atoms with Crippen LogP contribution in [0.3, 0.4) is 0 Å². The summed E-state index contributed by atoms with van der Waals surface area (Å²) in [5, 5.41) is 1.14. The molecule has 0 unspecified atom stereocenters. The molecule has 2 heterocycles. The molecule has 3 aromatic carbocycles. The van der Waals surface area contributed by atoms with Gasteiger partial charge in [0.1, 0.15) is 5.75 Å². The summed E-state index contributed by atoms with van der Waals surface area (Å²) in [6.07, 6.45) is 5.97. The standard InChI is InChI=1S/C24H19BrN2O2S/c1-26-16-22(21-8-4-5-9-23(21)26)24-20-7-3-2-6-17(20)14-15-27(24)30(28)29-19-12-10-18(25)11-13-19/h2-16,24H,1H3/t24-,30-/m0/s1. The zero-order valence-electron chi connectivity index (χ0n) is 16.2. The minimum Gasteiger partial charge on any atom is -0.385 e. The van der Waals surface area contributed by atoms with Crippen LogP contribution in [0.4, 0.5) is 0 Å². The number of rotatable bonds is 4. The number of hydrogen-bond donors (Lipinski definition) is 0. The van der Waals surface area contributed by atoms with Crippen molar-refractivity contribution in [1.82, 2.24) is 8.87 Å². The van der Waals surface area contributed by atoms with Gasteiger partial charge in [0.2, 0.25) is 0 Å². The molecule has 0 spiro atoms. The van der Waals surface area contributed by atoms with Gasteiger partial charge in [-0.25, -0.2) is 0 Å². The van der Waals surface area contributed by atoms with Crippen LogP contribution in [-0.2, 0) is 18.3 Å². The van der Waals surface area contributed by atoms with Gasteiger partial charge >= 0.3 is 11.3 Å². The second-order valence-electron chi connectivity index (χ2n) is 7.17. The molecular weight excluding hydrogens is 460 g/mol. The van der Waals surface area contributed by atoms with Gasteiger partial charge in [0, 0.05) is 40.4 Å². The summed E-state index contributed by atoms with van der Waals surface area (Å²) >= 11 is 1.70. The van der Waals surface area contributed by atoms with E-state index in [-0.39, 0.29) is 6.04 Å². The quantitative estimate of drug-likeness (QED) is 0.361. The topological polar surface area (TPSA) is 34.5 Å². The fourth-order valence-electron chi connectivity index (χ4n) is 3.94. The molecule has 0 bridgehead atoms. The molecule has 2 atom stereocenters. The summed E-state index contributed by atoms with van der Waals surface area (Å²) in [6, 6.07) is 23.6. The molecule has 0 aliphatic carbocycles. The van der Waals surface area contributed by atoms with Gasteiger partial charge in [0.15, 0.2) is 0 Å². The van der Waals surface area contributed by atoms with Crippen molar-refractivity contribution in [3.05, 3.63) is 106 Å². The predicted octanol–water partition coefficient (Wildman–Crippen LogP) is 5.97. The largest absolute Gasteiger partial charge is 0.385 e. The van der Waals surface area contributed by atoms with Gasteiger partial charge in [0.25, 0.3) is 0 Å². The Hall–Kier alpha value is -2.83. The van der Waals surface area contributed by atoms with E-state index in [9.17, 15) is 4.21 Å². The van der Waals surface area contributed by atoms with E-state index in [0.29, 0.717) is 5.75 Å². The van der Waals surface area contributed by atoms with Crippen molar-refractivity contribution in [3.8, 4) is 5.75 Å². The SMILES string of the molecule is Cn1cc([C@@H]2c3ccccc3C=CN2[S@@](=O)Oc2ccc(Br)cc2)c2ccccc21. The van der Waals surface area contributed by atoms with E-state index >= 15 is 0 Å². The molecule has 0 radical (unpaired) electrons. The molecule has 4 aromatic rings. The van der Waals surface area contributed by atoms with Gasteiger partial charge in [-0.2, -0.15) is 4.21 Å². The molecule has 5 rings (SSSR count). The van der Waals surface area contributed by atoms with Crippen LogP contribution < -0.4 is 4.18 Å². The third kappa shape index (κ3) is 3.36. The summed E-state index contributed by atoms with van der Waals surface area (Å²) in [5.74, 6) is 0.556. The average Bonchev–Trinajstić information content (AvgIpc) is 3.11. The van der Waals surface area contributed by atoms with Crippen LogP contribution in [0.1, 0.15) is 22.7 Å². The van der Waals surface area contributed by atoms with Gasteiger partial charge in [0.05, 0.1) is 6.04 Å². The number of para-hydroxylation sites is 1. The Labute approximate surface area is 186 Å². The monoisotopic (exact) mass is 478 g/mol. The lowest BCUT2D eigenvalue weighted by Gasteiger charge is -2.32. The lowest BCUT2D eigenvalue weighted by molar-refractivity contribution is 0.433. The number of aromatic nitrogens is 1. The number of halogens is 1.